The van der Waals surface area contributed by atoms with E-state index >= 15 is 0 Å². The van der Waals surface area contributed by atoms with Gasteiger partial charge in [-0.05, 0) is 74.5 Å². The molecule has 2 aliphatic heterocycles. The second-order valence-corrected chi connectivity index (χ2v) is 13.6. The van der Waals surface area contributed by atoms with E-state index < -0.39 is 11.7 Å². The second-order valence-electron chi connectivity index (χ2n) is 13.6. The van der Waals surface area contributed by atoms with Crippen LogP contribution in [0.15, 0.2) is 24.3 Å². The first-order valence-corrected chi connectivity index (χ1v) is 13.8. The third-order valence-electron chi connectivity index (χ3n) is 12.0. The molecule has 0 radical (unpaired) electrons. The van der Waals surface area contributed by atoms with Crippen LogP contribution in [-0.4, -0.2) is 61.2 Å². The minimum absolute atomic E-state index is 0.0584. The molecule has 188 valence electrons. The van der Waals surface area contributed by atoms with Gasteiger partial charge in [-0.15, -0.1) is 0 Å². The number of rotatable bonds is 4. The summed E-state index contributed by atoms with van der Waals surface area (Å²) in [4.78, 5) is 2.83. The number of methoxy groups -OCH3 is 2. The molecule has 1 saturated heterocycles. The SMILES string of the molecule is COc1ccc2c3c1O[C@@H]1[C@@]4(OC)C=C[C@@]5(C[C@@]46CCC(C)(C)[C@@H]6O)[C@@H](C2)N(CC2CC2)CC[C@]315. The summed E-state index contributed by atoms with van der Waals surface area (Å²) in [5.41, 5.74) is 1.52. The number of piperidine rings is 1. The molecule has 5 nitrogen and oxygen atoms in total. The van der Waals surface area contributed by atoms with E-state index in [1.54, 1.807) is 7.11 Å². The number of hydrogen-bond acceptors (Lipinski definition) is 5. The first-order valence-electron chi connectivity index (χ1n) is 13.8. The highest BCUT2D eigenvalue weighted by atomic mass is 16.6. The Balaban J connectivity index is 1.41. The summed E-state index contributed by atoms with van der Waals surface area (Å²) in [7, 11) is 3.61. The summed E-state index contributed by atoms with van der Waals surface area (Å²) >= 11 is 0. The predicted molar refractivity (Wildman–Crippen MR) is 133 cm³/mol. The highest BCUT2D eigenvalue weighted by Gasteiger charge is 2.84. The summed E-state index contributed by atoms with van der Waals surface area (Å²) in [5, 5.41) is 12.1. The van der Waals surface area contributed by atoms with Crippen LogP contribution in [-0.2, 0) is 16.6 Å². The van der Waals surface area contributed by atoms with Crippen molar-refractivity contribution in [1.29, 1.82) is 0 Å². The molecule has 8 aliphatic rings. The highest BCUT2D eigenvalue weighted by Crippen LogP contribution is 2.79. The van der Waals surface area contributed by atoms with Crippen LogP contribution in [0.3, 0.4) is 0 Å². The molecule has 5 heteroatoms. The van der Waals surface area contributed by atoms with Crippen LogP contribution < -0.4 is 9.47 Å². The monoisotopic (exact) mass is 477 g/mol. The maximum absolute atomic E-state index is 12.1. The fourth-order valence-electron chi connectivity index (χ4n) is 10.4. The van der Waals surface area contributed by atoms with Crippen molar-refractivity contribution in [3.05, 3.63) is 35.4 Å². The van der Waals surface area contributed by atoms with Crippen LogP contribution >= 0.6 is 0 Å². The quantitative estimate of drug-likeness (QED) is 0.658. The number of hydrogen-bond donors (Lipinski definition) is 1. The van der Waals surface area contributed by atoms with E-state index in [0.29, 0.717) is 6.04 Å². The maximum Gasteiger partial charge on any atom is 0.166 e. The van der Waals surface area contributed by atoms with Crippen LogP contribution in [0, 0.1) is 22.2 Å². The molecule has 3 spiro atoms. The molecule has 9 rings (SSSR count). The minimum atomic E-state index is -0.649. The lowest BCUT2D eigenvalue weighted by molar-refractivity contribution is -0.273. The number of aliphatic hydroxyl groups excluding tert-OH is 1. The molecule has 1 aromatic carbocycles. The molecule has 4 bridgehead atoms. The van der Waals surface area contributed by atoms with Crippen LogP contribution in [0.4, 0.5) is 0 Å². The van der Waals surface area contributed by atoms with Gasteiger partial charge in [-0.2, -0.15) is 0 Å². The summed E-state index contributed by atoms with van der Waals surface area (Å²) in [5.74, 6) is 2.65. The smallest absolute Gasteiger partial charge is 0.166 e. The van der Waals surface area contributed by atoms with Gasteiger partial charge in [0, 0.05) is 36.1 Å². The molecule has 7 atom stereocenters. The molecule has 0 aromatic heterocycles. The van der Waals surface area contributed by atoms with E-state index in [1.165, 1.54) is 30.5 Å². The van der Waals surface area contributed by atoms with Crippen molar-refractivity contribution < 1.29 is 19.3 Å². The zero-order valence-electron chi connectivity index (χ0n) is 21.6. The van der Waals surface area contributed by atoms with Crippen LogP contribution in [0.25, 0.3) is 0 Å². The van der Waals surface area contributed by atoms with E-state index in [2.05, 4.69) is 43.0 Å². The van der Waals surface area contributed by atoms with Crippen LogP contribution in [0.2, 0.25) is 0 Å². The summed E-state index contributed by atoms with van der Waals surface area (Å²) in [6.45, 7) is 6.81. The average molecular weight is 478 g/mol. The van der Waals surface area contributed by atoms with Gasteiger partial charge in [-0.25, -0.2) is 0 Å². The van der Waals surface area contributed by atoms with Crippen LogP contribution in [0.1, 0.15) is 63.5 Å². The number of nitrogens with zero attached hydrogens (tertiary/aromatic N) is 1. The Hall–Kier alpha value is -1.56. The molecule has 4 fully saturated rings. The Kier molecular flexibility index (Phi) is 3.86. The maximum atomic E-state index is 12.1. The zero-order chi connectivity index (χ0) is 24.0. The van der Waals surface area contributed by atoms with Gasteiger partial charge in [-0.1, -0.05) is 32.1 Å². The Bertz CT molecular complexity index is 1160. The van der Waals surface area contributed by atoms with Gasteiger partial charge in [0.25, 0.3) is 0 Å². The molecule has 2 heterocycles. The normalized spacial score (nSPS) is 47.7. The standard InChI is InChI=1S/C30H39NO4/c1-26(2)9-10-28(24(26)32)17-27-11-12-30(28,34-4)25-29(27)13-14-31(16-18-5-6-18)21(27)15-19-7-8-20(33-3)23(35-25)22(19)29/h7-8,11-12,18,21,24-25,32H,5-6,9-10,13-17H2,1-4H3/t21-,24+,25+,27-,28-,29+,30+/m1/s1. The Morgan fingerprint density at radius 2 is 1.94 bits per heavy atom. The van der Waals surface area contributed by atoms with Gasteiger partial charge in [0.05, 0.1) is 18.6 Å². The third kappa shape index (κ3) is 2.11. The van der Waals surface area contributed by atoms with E-state index in [9.17, 15) is 5.11 Å². The van der Waals surface area contributed by atoms with Crippen molar-refractivity contribution in [2.75, 3.05) is 27.3 Å². The average Bonchev–Trinajstić information content (AvgIpc) is 3.56. The van der Waals surface area contributed by atoms with Crippen LogP contribution in [0.5, 0.6) is 11.5 Å². The molecule has 6 aliphatic carbocycles. The molecule has 1 aromatic rings. The number of aliphatic hydroxyl groups is 1. The van der Waals surface area contributed by atoms with Gasteiger partial charge in [0.2, 0.25) is 0 Å². The van der Waals surface area contributed by atoms with Gasteiger partial charge in [0.15, 0.2) is 11.5 Å². The molecule has 35 heavy (non-hydrogen) atoms. The largest absolute Gasteiger partial charge is 0.493 e. The Morgan fingerprint density at radius 3 is 2.63 bits per heavy atom. The summed E-state index contributed by atoms with van der Waals surface area (Å²) in [6, 6.07) is 4.86. The third-order valence-corrected chi connectivity index (χ3v) is 12.0. The Morgan fingerprint density at radius 1 is 1.11 bits per heavy atom. The van der Waals surface area contributed by atoms with Crippen molar-refractivity contribution >= 4 is 0 Å². The molecule has 1 N–H and O–H groups in total. The summed E-state index contributed by atoms with van der Waals surface area (Å²) < 4.78 is 19.7. The number of likely N-dealkylation sites (tertiary alicyclic amines) is 1. The zero-order valence-corrected chi connectivity index (χ0v) is 21.6. The Labute approximate surface area is 208 Å². The summed E-state index contributed by atoms with van der Waals surface area (Å²) in [6.07, 6.45) is 12.2. The predicted octanol–water partition coefficient (Wildman–Crippen LogP) is 4.25. The molecular formula is C30H39NO4. The van der Waals surface area contributed by atoms with E-state index in [1.807, 2.05) is 7.11 Å². The lowest BCUT2D eigenvalue weighted by Crippen LogP contribution is -2.82. The lowest BCUT2D eigenvalue weighted by Gasteiger charge is -2.74. The molecule has 3 saturated carbocycles. The fraction of sp³-hybridized carbons (Fsp3) is 0.733. The number of benzene rings is 1. The lowest BCUT2D eigenvalue weighted by atomic mass is 9.33. The van der Waals surface area contributed by atoms with E-state index in [-0.39, 0.29) is 27.8 Å². The minimum Gasteiger partial charge on any atom is -0.493 e. The van der Waals surface area contributed by atoms with Gasteiger partial charge in [0.1, 0.15) is 11.7 Å². The highest BCUT2D eigenvalue weighted by molar-refractivity contribution is 5.66. The first kappa shape index (κ1) is 21.5. The first-order chi connectivity index (χ1) is 16.8. The van der Waals surface area contributed by atoms with Crippen molar-refractivity contribution in [3.63, 3.8) is 0 Å². The van der Waals surface area contributed by atoms with Crippen molar-refractivity contribution in [2.24, 2.45) is 22.2 Å². The van der Waals surface area contributed by atoms with Gasteiger partial charge < -0.3 is 19.3 Å². The fourth-order valence-corrected chi connectivity index (χ4v) is 10.4. The second kappa shape index (κ2) is 6.28. The molecular weight excluding hydrogens is 438 g/mol. The van der Waals surface area contributed by atoms with Crippen molar-refractivity contribution in [1.82, 2.24) is 4.90 Å². The molecule has 0 unspecified atom stereocenters. The van der Waals surface area contributed by atoms with Gasteiger partial charge in [-0.3, -0.25) is 4.90 Å². The van der Waals surface area contributed by atoms with E-state index in [4.69, 9.17) is 14.2 Å². The van der Waals surface area contributed by atoms with Crippen molar-refractivity contribution in [3.8, 4) is 11.5 Å². The van der Waals surface area contributed by atoms with Gasteiger partial charge >= 0.3 is 0 Å². The van der Waals surface area contributed by atoms with E-state index in [0.717, 1.165) is 56.1 Å². The molecule has 0 amide bonds. The number of ether oxygens (including phenoxy) is 3. The topological polar surface area (TPSA) is 51.2 Å². The van der Waals surface area contributed by atoms with Crippen molar-refractivity contribution in [2.45, 2.75) is 88.1 Å².